The van der Waals surface area contributed by atoms with Crippen molar-refractivity contribution in [3.05, 3.63) is 23.9 Å². The fourth-order valence-corrected chi connectivity index (χ4v) is 1.24. The molecule has 5 heteroatoms. The maximum atomic E-state index is 5.53. The topological polar surface area (TPSA) is 57.4 Å². The van der Waals surface area contributed by atoms with Crippen LogP contribution in [0.15, 0.2) is 18.3 Å². The Morgan fingerprint density at radius 3 is 2.81 bits per heavy atom. The molecule has 1 aromatic heterocycles. The fraction of sp³-hybridized carbons (Fsp3) is 0.455. The highest BCUT2D eigenvalue weighted by Gasteiger charge is 2.05. The zero-order valence-corrected chi connectivity index (χ0v) is 10.3. The van der Waals surface area contributed by atoms with Crippen LogP contribution in [0.1, 0.15) is 19.4 Å². The Hall–Kier alpha value is -1.20. The lowest BCUT2D eigenvalue weighted by Crippen LogP contribution is -2.19. The van der Waals surface area contributed by atoms with Crippen molar-refractivity contribution in [2.24, 2.45) is 5.73 Å². The molecule has 0 spiro atoms. The Kier molecular flexibility index (Phi) is 5.14. The summed E-state index contributed by atoms with van der Waals surface area (Å²) in [7, 11) is 0. The van der Waals surface area contributed by atoms with E-state index in [2.05, 4.69) is 4.98 Å². The zero-order valence-electron chi connectivity index (χ0n) is 9.47. The van der Waals surface area contributed by atoms with Gasteiger partial charge in [0.25, 0.3) is 0 Å². The lowest BCUT2D eigenvalue weighted by atomic mass is 10.3. The van der Waals surface area contributed by atoms with Gasteiger partial charge in [0.05, 0.1) is 6.61 Å². The van der Waals surface area contributed by atoms with Gasteiger partial charge in [-0.15, -0.1) is 0 Å². The lowest BCUT2D eigenvalue weighted by molar-refractivity contribution is 0.0633. The molecule has 4 nitrogen and oxygen atoms in total. The molecule has 1 unspecified atom stereocenters. The molecule has 1 heterocycles. The first-order valence-corrected chi connectivity index (χ1v) is 5.54. The van der Waals surface area contributed by atoms with Gasteiger partial charge in [0.1, 0.15) is 11.1 Å². The molecule has 1 rings (SSSR count). The molecular weight excluding hydrogens is 224 g/mol. The number of pyridine rings is 1. The highest BCUT2D eigenvalue weighted by atomic mass is 32.1. The molecule has 0 saturated heterocycles. The van der Waals surface area contributed by atoms with Gasteiger partial charge >= 0.3 is 0 Å². The number of rotatable bonds is 6. The highest BCUT2D eigenvalue weighted by Crippen LogP contribution is 2.09. The fourth-order valence-electron chi connectivity index (χ4n) is 1.12. The quantitative estimate of drug-likeness (QED) is 0.764. The van der Waals surface area contributed by atoms with Crippen molar-refractivity contribution in [2.45, 2.75) is 20.0 Å². The van der Waals surface area contributed by atoms with Crippen LogP contribution < -0.4 is 10.5 Å². The Morgan fingerprint density at radius 1 is 1.56 bits per heavy atom. The number of aromatic nitrogens is 1. The van der Waals surface area contributed by atoms with Gasteiger partial charge in [-0.3, -0.25) is 0 Å². The molecular formula is C11H16N2O2S. The third-order valence-corrected chi connectivity index (χ3v) is 2.14. The Labute approximate surface area is 101 Å². The summed E-state index contributed by atoms with van der Waals surface area (Å²) in [5.74, 6) is 0.548. The van der Waals surface area contributed by atoms with Crippen LogP contribution >= 0.6 is 12.2 Å². The monoisotopic (exact) mass is 240 g/mol. The van der Waals surface area contributed by atoms with Crippen molar-refractivity contribution in [2.75, 3.05) is 13.2 Å². The minimum atomic E-state index is -0.0249. The summed E-state index contributed by atoms with van der Waals surface area (Å²) in [5, 5.41) is 0. The normalized spacial score (nSPS) is 12.1. The summed E-state index contributed by atoms with van der Waals surface area (Å²) in [4.78, 5) is 4.44. The van der Waals surface area contributed by atoms with E-state index in [9.17, 15) is 0 Å². The van der Waals surface area contributed by atoms with Crippen LogP contribution in [-0.4, -0.2) is 29.3 Å². The minimum Gasteiger partial charge on any atom is -0.472 e. The smallest absolute Gasteiger partial charge is 0.213 e. The summed E-state index contributed by atoms with van der Waals surface area (Å²) in [6, 6.07) is 3.54. The summed E-state index contributed by atoms with van der Waals surface area (Å²) in [6.07, 6.45) is 1.58. The Balaban J connectivity index is 2.51. The number of nitrogens with zero attached hydrogens (tertiary/aromatic N) is 1. The van der Waals surface area contributed by atoms with Crippen molar-refractivity contribution < 1.29 is 9.47 Å². The van der Waals surface area contributed by atoms with E-state index < -0.39 is 0 Å². The van der Waals surface area contributed by atoms with Gasteiger partial charge < -0.3 is 15.2 Å². The second kappa shape index (κ2) is 6.40. The van der Waals surface area contributed by atoms with Gasteiger partial charge in [-0.05, 0) is 19.9 Å². The molecule has 1 atom stereocenters. The van der Waals surface area contributed by atoms with E-state index in [-0.39, 0.29) is 6.10 Å². The van der Waals surface area contributed by atoms with Crippen molar-refractivity contribution in [1.29, 1.82) is 0 Å². The maximum absolute atomic E-state index is 5.53. The van der Waals surface area contributed by atoms with Crippen LogP contribution in [0.5, 0.6) is 5.88 Å². The van der Waals surface area contributed by atoms with Crippen molar-refractivity contribution in [1.82, 2.24) is 4.98 Å². The largest absolute Gasteiger partial charge is 0.472 e. The SMILES string of the molecule is CCOCC(C)Oc1ccc(C(N)=S)cn1. The second-order valence-electron chi connectivity index (χ2n) is 3.34. The van der Waals surface area contributed by atoms with Crippen LogP contribution in [-0.2, 0) is 4.74 Å². The van der Waals surface area contributed by atoms with Crippen molar-refractivity contribution >= 4 is 17.2 Å². The molecule has 0 radical (unpaired) electrons. The number of ether oxygens (including phenoxy) is 2. The molecule has 0 aliphatic carbocycles. The first-order valence-electron chi connectivity index (χ1n) is 5.13. The first kappa shape index (κ1) is 12.9. The predicted molar refractivity (Wildman–Crippen MR) is 66.7 cm³/mol. The Bertz CT molecular complexity index is 340. The zero-order chi connectivity index (χ0) is 12.0. The van der Waals surface area contributed by atoms with Crippen LogP contribution in [0.2, 0.25) is 0 Å². The molecule has 1 aromatic rings. The van der Waals surface area contributed by atoms with Crippen molar-refractivity contribution in [3.63, 3.8) is 0 Å². The Morgan fingerprint density at radius 2 is 2.31 bits per heavy atom. The van der Waals surface area contributed by atoms with E-state index in [4.69, 9.17) is 27.4 Å². The van der Waals surface area contributed by atoms with E-state index in [1.165, 1.54) is 0 Å². The average Bonchev–Trinajstić information content (AvgIpc) is 2.27. The number of hydrogen-bond acceptors (Lipinski definition) is 4. The van der Waals surface area contributed by atoms with Crippen LogP contribution in [0.3, 0.4) is 0 Å². The van der Waals surface area contributed by atoms with E-state index in [1.54, 1.807) is 18.3 Å². The maximum Gasteiger partial charge on any atom is 0.213 e. The van der Waals surface area contributed by atoms with Gasteiger partial charge in [0.15, 0.2) is 0 Å². The average molecular weight is 240 g/mol. The molecule has 0 amide bonds. The summed E-state index contributed by atoms with van der Waals surface area (Å²) in [6.45, 7) is 5.11. The molecule has 0 bridgehead atoms. The van der Waals surface area contributed by atoms with E-state index in [0.29, 0.717) is 24.1 Å². The molecule has 88 valence electrons. The molecule has 0 aliphatic heterocycles. The number of hydrogen-bond donors (Lipinski definition) is 1. The molecule has 0 aromatic carbocycles. The van der Waals surface area contributed by atoms with Crippen molar-refractivity contribution in [3.8, 4) is 5.88 Å². The first-order chi connectivity index (χ1) is 7.63. The number of thiocarbonyl (C=S) groups is 1. The van der Waals surface area contributed by atoms with Crippen LogP contribution in [0, 0.1) is 0 Å². The third-order valence-electron chi connectivity index (χ3n) is 1.90. The van der Waals surface area contributed by atoms with Crippen LogP contribution in [0.4, 0.5) is 0 Å². The molecule has 0 saturated carbocycles. The summed E-state index contributed by atoms with van der Waals surface area (Å²) >= 11 is 4.83. The molecule has 0 aliphatic rings. The van der Waals surface area contributed by atoms with E-state index in [1.807, 2.05) is 13.8 Å². The predicted octanol–water partition coefficient (Wildman–Crippen LogP) is 1.52. The molecule has 16 heavy (non-hydrogen) atoms. The minimum absolute atomic E-state index is 0.0249. The van der Waals surface area contributed by atoms with E-state index >= 15 is 0 Å². The van der Waals surface area contributed by atoms with Gasteiger partial charge in [-0.1, -0.05) is 12.2 Å². The number of nitrogens with two attached hydrogens (primary N) is 1. The lowest BCUT2D eigenvalue weighted by Gasteiger charge is -2.13. The summed E-state index contributed by atoms with van der Waals surface area (Å²) in [5.41, 5.74) is 6.20. The van der Waals surface area contributed by atoms with Gasteiger partial charge in [-0.25, -0.2) is 4.98 Å². The standard InChI is InChI=1S/C11H16N2O2S/c1-3-14-7-8(2)15-10-5-4-9(6-13-10)11(12)16/h4-6,8H,3,7H2,1-2H3,(H2,12,16). The third kappa shape index (κ3) is 4.12. The summed E-state index contributed by atoms with van der Waals surface area (Å²) < 4.78 is 10.8. The molecule has 2 N–H and O–H groups in total. The van der Waals surface area contributed by atoms with E-state index in [0.717, 1.165) is 5.56 Å². The van der Waals surface area contributed by atoms with Gasteiger partial charge in [0.2, 0.25) is 5.88 Å². The highest BCUT2D eigenvalue weighted by molar-refractivity contribution is 7.80. The van der Waals surface area contributed by atoms with Crippen LogP contribution in [0.25, 0.3) is 0 Å². The molecule has 0 fully saturated rings. The van der Waals surface area contributed by atoms with Gasteiger partial charge in [0, 0.05) is 24.4 Å². The van der Waals surface area contributed by atoms with Gasteiger partial charge in [-0.2, -0.15) is 0 Å². The second-order valence-corrected chi connectivity index (χ2v) is 3.78.